The molecular weight excluding hydrogens is 424 g/mol. The fourth-order valence-electron chi connectivity index (χ4n) is 5.60. The third kappa shape index (κ3) is 2.98. The van der Waals surface area contributed by atoms with Crippen LogP contribution in [0, 0.1) is 0 Å². The average molecular weight is 451 g/mol. The van der Waals surface area contributed by atoms with Gasteiger partial charge in [-0.25, -0.2) is 14.7 Å². The third-order valence-electron chi connectivity index (χ3n) is 6.58. The van der Waals surface area contributed by atoms with E-state index in [0.29, 0.717) is 0 Å². The van der Waals surface area contributed by atoms with Gasteiger partial charge in [0.1, 0.15) is 24.2 Å². The van der Waals surface area contributed by atoms with Crippen molar-refractivity contribution in [2.45, 2.75) is 0 Å². The van der Waals surface area contributed by atoms with E-state index in [1.54, 1.807) is 5.30 Å². The molecule has 3 aromatic carbocycles. The van der Waals surface area contributed by atoms with Crippen LogP contribution in [-0.4, -0.2) is 53.6 Å². The molecule has 4 fully saturated rings. The van der Waals surface area contributed by atoms with Crippen molar-refractivity contribution in [1.82, 2.24) is 14.7 Å². The maximum absolute atomic E-state index is 6.73. The highest BCUT2D eigenvalue weighted by atomic mass is 32.4. The van der Waals surface area contributed by atoms with Crippen molar-refractivity contribution < 1.29 is 0 Å². The Morgan fingerprint density at radius 1 is 0.600 bits per heavy atom. The van der Waals surface area contributed by atoms with Gasteiger partial charge in [0.25, 0.3) is 0 Å². The molecule has 30 heavy (non-hydrogen) atoms. The molecule has 4 aliphatic rings. The second-order valence-corrected chi connectivity index (χ2v) is 16.8. The summed E-state index contributed by atoms with van der Waals surface area (Å²) in [5.74, 6) is 0. The molecule has 4 saturated heterocycles. The summed E-state index contributed by atoms with van der Waals surface area (Å²) in [5.41, 5.74) is 0. The Morgan fingerprint density at radius 3 is 1.53 bits per heavy atom. The average Bonchev–Trinajstić information content (AvgIpc) is 2.79. The molecule has 3 nitrogen and oxygen atoms in total. The van der Waals surface area contributed by atoms with Crippen molar-refractivity contribution in [2.75, 3.05) is 38.9 Å². The van der Waals surface area contributed by atoms with Crippen molar-refractivity contribution in [3.05, 3.63) is 84.9 Å². The van der Waals surface area contributed by atoms with E-state index in [1.165, 1.54) is 34.8 Å². The monoisotopic (exact) mass is 450 g/mol. The van der Waals surface area contributed by atoms with Crippen molar-refractivity contribution >= 4 is 46.3 Å². The Kier molecular flexibility index (Phi) is 4.73. The summed E-state index contributed by atoms with van der Waals surface area (Å²) in [7, 11) is -1.34. The van der Waals surface area contributed by atoms with E-state index in [1.807, 2.05) is 0 Å². The van der Waals surface area contributed by atoms with Crippen LogP contribution in [0.4, 0.5) is 0 Å². The highest BCUT2D eigenvalue weighted by Crippen LogP contribution is 2.65. The molecule has 0 aromatic heterocycles. The Labute approximate surface area is 184 Å². The molecular formula is C24H26N3P2S+. The Balaban J connectivity index is 1.58. The van der Waals surface area contributed by atoms with E-state index < -0.39 is 13.3 Å². The first-order chi connectivity index (χ1) is 14.7. The lowest BCUT2D eigenvalue weighted by Crippen LogP contribution is -2.66. The highest BCUT2D eigenvalue weighted by molar-refractivity contribution is 8.26. The summed E-state index contributed by atoms with van der Waals surface area (Å²) < 4.78 is 0. The second kappa shape index (κ2) is 7.35. The van der Waals surface area contributed by atoms with Gasteiger partial charge in [0.2, 0.25) is 0 Å². The number of rotatable bonds is 4. The maximum atomic E-state index is 6.73. The molecule has 0 atom stereocenters. The van der Waals surface area contributed by atoms with Gasteiger partial charge < -0.3 is 0 Å². The lowest BCUT2D eigenvalue weighted by molar-refractivity contribution is -0.0268. The summed E-state index contributed by atoms with van der Waals surface area (Å²) in [4.78, 5) is 7.95. The molecule has 0 saturated carbocycles. The molecule has 152 valence electrons. The Morgan fingerprint density at radius 2 is 1.03 bits per heavy atom. The van der Waals surface area contributed by atoms with Crippen LogP contribution in [0.5, 0.6) is 0 Å². The molecule has 6 heteroatoms. The predicted molar refractivity (Wildman–Crippen MR) is 134 cm³/mol. The van der Waals surface area contributed by atoms with Crippen LogP contribution in [0.15, 0.2) is 84.9 Å². The van der Waals surface area contributed by atoms with Crippen LogP contribution in [0.1, 0.15) is 0 Å². The van der Waals surface area contributed by atoms with Crippen molar-refractivity contribution in [3.63, 3.8) is 0 Å². The van der Waals surface area contributed by atoms with E-state index in [-0.39, 0.29) is 0 Å². The molecule has 3 aromatic rings. The van der Waals surface area contributed by atoms with Crippen LogP contribution in [-0.2, 0) is 11.8 Å². The van der Waals surface area contributed by atoms with Crippen molar-refractivity contribution in [2.24, 2.45) is 0 Å². The largest absolute Gasteiger partial charge is 0.244 e. The SMILES string of the molecule is S=P(c1ccccc1)(c1ccccc1)c1ccccc1[P+]12CN3CN(CN(C3)C1)C2. The second-order valence-electron chi connectivity index (χ2n) is 8.78. The molecule has 0 radical (unpaired) electrons. The maximum Gasteiger partial charge on any atom is 0.121 e. The summed E-state index contributed by atoms with van der Waals surface area (Å²) >= 11 is 6.73. The number of nitrogens with zero attached hydrogens (tertiary/aromatic N) is 3. The number of hydrogen-bond acceptors (Lipinski definition) is 4. The fourth-order valence-corrected chi connectivity index (χ4v) is 15.3. The molecule has 0 amide bonds. The first-order valence-electron chi connectivity index (χ1n) is 10.5. The van der Waals surface area contributed by atoms with Crippen LogP contribution in [0.25, 0.3) is 0 Å². The van der Waals surface area contributed by atoms with Crippen molar-refractivity contribution in [1.29, 1.82) is 0 Å². The molecule has 4 bridgehead atoms. The van der Waals surface area contributed by atoms with Gasteiger partial charge in [0, 0.05) is 11.3 Å². The number of hydrogen-bond donors (Lipinski definition) is 0. The summed E-state index contributed by atoms with van der Waals surface area (Å²) in [6, 6.07) is 28.9. The Bertz CT molecular complexity index is 1040. The topological polar surface area (TPSA) is 9.72 Å². The zero-order valence-electron chi connectivity index (χ0n) is 17.0. The molecule has 0 aliphatic carbocycles. The smallest absolute Gasteiger partial charge is 0.121 e. The van der Waals surface area contributed by atoms with Gasteiger partial charge in [-0.3, -0.25) is 0 Å². The molecule has 7 rings (SSSR count). The minimum Gasteiger partial charge on any atom is -0.244 e. The zero-order valence-corrected chi connectivity index (χ0v) is 19.6. The summed E-state index contributed by atoms with van der Waals surface area (Å²) in [6.45, 7) is 3.39. The van der Waals surface area contributed by atoms with Gasteiger partial charge in [-0.2, -0.15) is 0 Å². The molecule has 4 aliphatic heterocycles. The third-order valence-corrected chi connectivity index (χ3v) is 16.0. The normalized spacial score (nSPS) is 29.8. The lowest BCUT2D eigenvalue weighted by atomic mass is 10.3. The first kappa shape index (κ1) is 19.3. The molecule has 0 unspecified atom stereocenters. The van der Waals surface area contributed by atoms with Crippen LogP contribution in [0.2, 0.25) is 0 Å². The van der Waals surface area contributed by atoms with E-state index >= 15 is 0 Å². The van der Waals surface area contributed by atoms with Gasteiger partial charge in [-0.15, -0.1) is 0 Å². The molecule has 4 heterocycles. The van der Waals surface area contributed by atoms with Crippen LogP contribution in [0.3, 0.4) is 0 Å². The standard InChI is InChI=1S/C24H26N3P2S/c30-29(21-9-3-1-4-10-21,22-11-5-2-6-12-22)24-14-8-7-13-23(24)28-18-25-15-26(19-28)17-27(16-25)20-28/h1-14H,15-20H2/q+1. The number of benzene rings is 3. The van der Waals surface area contributed by atoms with Gasteiger partial charge in [0.05, 0.1) is 27.3 Å². The van der Waals surface area contributed by atoms with E-state index in [2.05, 4.69) is 99.6 Å². The van der Waals surface area contributed by atoms with E-state index in [4.69, 9.17) is 11.8 Å². The molecule has 0 spiro atoms. The van der Waals surface area contributed by atoms with Crippen LogP contribution < -0.4 is 21.2 Å². The Hall–Kier alpha value is -1.38. The van der Waals surface area contributed by atoms with Gasteiger partial charge in [0.15, 0.2) is 0 Å². The van der Waals surface area contributed by atoms with Gasteiger partial charge >= 0.3 is 0 Å². The minimum atomic E-state index is -2.13. The first-order valence-corrected chi connectivity index (χ1v) is 15.7. The van der Waals surface area contributed by atoms with Crippen LogP contribution >= 0.6 is 13.3 Å². The quantitative estimate of drug-likeness (QED) is 0.566. The van der Waals surface area contributed by atoms with E-state index in [9.17, 15) is 0 Å². The van der Waals surface area contributed by atoms with E-state index in [0.717, 1.165) is 20.0 Å². The summed E-state index contributed by atoms with van der Waals surface area (Å²) in [6.07, 6.45) is 3.74. The van der Waals surface area contributed by atoms with Gasteiger partial charge in [-0.05, 0) is 22.7 Å². The van der Waals surface area contributed by atoms with Gasteiger partial charge in [-0.1, -0.05) is 84.6 Å². The highest BCUT2D eigenvalue weighted by Gasteiger charge is 2.57. The predicted octanol–water partition coefficient (Wildman–Crippen LogP) is 2.78. The molecule has 0 N–H and O–H groups in total. The summed E-state index contributed by atoms with van der Waals surface area (Å²) in [5, 5.41) is 5.61. The fraction of sp³-hybridized carbons (Fsp3) is 0.250. The van der Waals surface area contributed by atoms with Crippen molar-refractivity contribution in [3.8, 4) is 0 Å². The lowest BCUT2D eigenvalue weighted by Gasteiger charge is -2.56. The zero-order chi connectivity index (χ0) is 20.2. The minimum absolute atomic E-state index is 1.13.